The second kappa shape index (κ2) is 8.44. The Hall–Kier alpha value is -0.000000000000000111. The number of carbonyl (C=O) groups is 1. The first kappa shape index (κ1) is 18.1. The van der Waals surface area contributed by atoms with E-state index in [4.69, 9.17) is 46.4 Å². The molecule has 0 saturated heterocycles. The second-order valence-electron chi connectivity index (χ2n) is 3.80. The van der Waals surface area contributed by atoms with E-state index in [1.807, 2.05) is 12.1 Å². The minimum absolute atomic E-state index is 0.0330. The van der Waals surface area contributed by atoms with E-state index >= 15 is 0 Å². The molecular weight excluding hydrogens is 453 g/mol. The summed E-state index contributed by atoms with van der Waals surface area (Å²) in [4.78, 5) is 10.8. The summed E-state index contributed by atoms with van der Waals surface area (Å²) in [6, 6.07) is 10.2. The number of ketones is 1. The molecule has 0 radical (unpaired) electrons. The van der Waals surface area contributed by atoms with E-state index in [2.05, 4.69) is 22.6 Å². The van der Waals surface area contributed by atoms with Gasteiger partial charge in [0.1, 0.15) is 0 Å². The molecule has 0 aliphatic rings. The van der Waals surface area contributed by atoms with E-state index < -0.39 is 0 Å². The summed E-state index contributed by atoms with van der Waals surface area (Å²) in [6.07, 6.45) is 0. The van der Waals surface area contributed by atoms with Crippen molar-refractivity contribution in [2.24, 2.45) is 0 Å². The van der Waals surface area contributed by atoms with Gasteiger partial charge in [0.05, 0.1) is 0 Å². The zero-order valence-corrected chi connectivity index (χ0v) is 15.4. The molecule has 0 aliphatic heterocycles. The zero-order valence-electron chi connectivity index (χ0n) is 10.3. The van der Waals surface area contributed by atoms with Crippen molar-refractivity contribution in [1.82, 2.24) is 0 Å². The topological polar surface area (TPSA) is 17.1 Å². The number of carbonyl (C=O) groups excluding carboxylic acids is 1. The predicted molar refractivity (Wildman–Crippen MR) is 95.6 cm³/mol. The van der Waals surface area contributed by atoms with Gasteiger partial charge in [-0.2, -0.15) is 0 Å². The number of hydrogen-bond donors (Lipinski definition) is 0. The van der Waals surface area contributed by atoms with Crippen LogP contribution in [0.15, 0.2) is 36.4 Å². The number of benzene rings is 2. The fraction of sp³-hybridized carbons (Fsp3) is 0.0714. The maximum absolute atomic E-state index is 10.8. The van der Waals surface area contributed by atoms with Crippen LogP contribution >= 0.6 is 69.0 Å². The first-order valence-electron chi connectivity index (χ1n) is 5.36. The number of halogens is 5. The minimum Gasteiger partial charge on any atom is -0.295 e. The fourth-order valence-electron chi connectivity index (χ4n) is 1.28. The van der Waals surface area contributed by atoms with Crippen molar-refractivity contribution in [1.29, 1.82) is 0 Å². The highest BCUT2D eigenvalue weighted by atomic mass is 127. The van der Waals surface area contributed by atoms with Gasteiger partial charge in [0.2, 0.25) is 0 Å². The molecule has 2 aromatic rings. The summed E-state index contributed by atoms with van der Waals surface area (Å²) in [5.74, 6) is -0.0330. The number of hydrogen-bond acceptors (Lipinski definition) is 1. The van der Waals surface area contributed by atoms with Gasteiger partial charge in [-0.15, -0.1) is 0 Å². The highest BCUT2D eigenvalue weighted by molar-refractivity contribution is 14.1. The van der Waals surface area contributed by atoms with Gasteiger partial charge in [0, 0.05) is 29.2 Å². The van der Waals surface area contributed by atoms with Crippen LogP contribution in [0.1, 0.15) is 17.3 Å². The second-order valence-corrected chi connectivity index (χ2v) is 6.79. The first-order valence-corrected chi connectivity index (χ1v) is 7.95. The molecule has 0 bridgehead atoms. The molecule has 0 fully saturated rings. The molecule has 6 heteroatoms. The standard InChI is InChI=1S/C8H6Cl2O.C6H3Cl2I/c1-5(11)6-2-7(9)4-8(10)3-6;7-4-1-5(8)3-6(9)2-4/h2-4H,1H3;1-3H. The molecular formula is C14H9Cl4IO. The lowest BCUT2D eigenvalue weighted by Crippen LogP contribution is -1.90. The molecule has 0 saturated carbocycles. The van der Waals surface area contributed by atoms with Crippen molar-refractivity contribution in [3.63, 3.8) is 0 Å². The monoisotopic (exact) mass is 460 g/mol. The Labute approximate surface area is 151 Å². The van der Waals surface area contributed by atoms with E-state index in [9.17, 15) is 4.79 Å². The average Bonchev–Trinajstić information content (AvgIpc) is 2.26. The Morgan fingerprint density at radius 2 is 1.15 bits per heavy atom. The summed E-state index contributed by atoms with van der Waals surface area (Å²) in [7, 11) is 0. The summed E-state index contributed by atoms with van der Waals surface area (Å²) >= 11 is 24.8. The zero-order chi connectivity index (χ0) is 15.3. The van der Waals surface area contributed by atoms with Crippen LogP contribution in [0.2, 0.25) is 20.1 Å². The predicted octanol–water partition coefficient (Wildman–Crippen LogP) is 6.79. The molecule has 20 heavy (non-hydrogen) atoms. The van der Waals surface area contributed by atoms with Crippen molar-refractivity contribution in [2.45, 2.75) is 6.92 Å². The lowest BCUT2D eigenvalue weighted by molar-refractivity contribution is 0.101. The highest BCUT2D eigenvalue weighted by Gasteiger charge is 2.01. The van der Waals surface area contributed by atoms with Gasteiger partial charge < -0.3 is 0 Å². The van der Waals surface area contributed by atoms with E-state index in [1.54, 1.807) is 24.3 Å². The molecule has 0 heterocycles. The van der Waals surface area contributed by atoms with Crippen molar-refractivity contribution in [2.75, 3.05) is 0 Å². The van der Waals surface area contributed by atoms with Crippen LogP contribution in [-0.2, 0) is 0 Å². The minimum atomic E-state index is -0.0330. The molecule has 106 valence electrons. The number of Topliss-reactive ketones (excluding diaryl/α,β-unsaturated/α-hetero) is 1. The van der Waals surface area contributed by atoms with Crippen LogP contribution in [-0.4, -0.2) is 5.78 Å². The maximum atomic E-state index is 10.8. The van der Waals surface area contributed by atoms with E-state index in [-0.39, 0.29) is 5.78 Å². The fourth-order valence-corrected chi connectivity index (χ4v) is 3.37. The normalized spacial score (nSPS) is 9.70. The number of rotatable bonds is 1. The molecule has 0 spiro atoms. The van der Waals surface area contributed by atoms with Gasteiger partial charge in [0.15, 0.2) is 5.78 Å². The Bertz CT molecular complexity index is 558. The van der Waals surface area contributed by atoms with Crippen molar-refractivity contribution in [3.05, 3.63) is 65.6 Å². The van der Waals surface area contributed by atoms with Gasteiger partial charge in [-0.05, 0) is 65.9 Å². The van der Waals surface area contributed by atoms with Crippen LogP contribution in [0.4, 0.5) is 0 Å². The molecule has 1 nitrogen and oxygen atoms in total. The lowest BCUT2D eigenvalue weighted by atomic mass is 10.1. The molecule has 2 rings (SSSR count). The third-order valence-electron chi connectivity index (χ3n) is 2.10. The van der Waals surface area contributed by atoms with Gasteiger partial charge in [-0.25, -0.2) is 0 Å². The van der Waals surface area contributed by atoms with Gasteiger partial charge >= 0.3 is 0 Å². The van der Waals surface area contributed by atoms with Crippen LogP contribution in [0.25, 0.3) is 0 Å². The summed E-state index contributed by atoms with van der Waals surface area (Å²) in [5.41, 5.74) is 0.544. The van der Waals surface area contributed by atoms with E-state index in [1.165, 1.54) is 6.92 Å². The summed E-state index contributed by atoms with van der Waals surface area (Å²) in [6.45, 7) is 1.47. The van der Waals surface area contributed by atoms with Gasteiger partial charge in [0.25, 0.3) is 0 Å². The Morgan fingerprint density at radius 1 is 0.800 bits per heavy atom. The van der Waals surface area contributed by atoms with Gasteiger partial charge in [-0.3, -0.25) is 4.79 Å². The van der Waals surface area contributed by atoms with E-state index in [0.29, 0.717) is 25.7 Å². The van der Waals surface area contributed by atoms with Crippen molar-refractivity contribution in [3.8, 4) is 0 Å². The largest absolute Gasteiger partial charge is 0.295 e. The van der Waals surface area contributed by atoms with Gasteiger partial charge in [-0.1, -0.05) is 46.4 Å². The smallest absolute Gasteiger partial charge is 0.159 e. The van der Waals surface area contributed by atoms with Crippen LogP contribution in [0.3, 0.4) is 0 Å². The summed E-state index contributed by atoms with van der Waals surface area (Å²) < 4.78 is 1.06. The third kappa shape index (κ3) is 6.64. The summed E-state index contributed by atoms with van der Waals surface area (Å²) in [5, 5.41) is 2.35. The molecule has 0 N–H and O–H groups in total. The SMILES string of the molecule is CC(=O)c1cc(Cl)cc(Cl)c1.Clc1cc(Cl)cc(I)c1. The van der Waals surface area contributed by atoms with Crippen molar-refractivity contribution >= 4 is 74.8 Å². The lowest BCUT2D eigenvalue weighted by Gasteiger charge is -1.96. The molecule has 0 aliphatic carbocycles. The Balaban J connectivity index is 0.000000204. The molecule has 0 aromatic heterocycles. The molecule has 0 unspecified atom stereocenters. The first-order chi connectivity index (χ1) is 9.27. The Morgan fingerprint density at radius 3 is 1.45 bits per heavy atom. The van der Waals surface area contributed by atoms with Crippen LogP contribution in [0.5, 0.6) is 0 Å². The Kier molecular flexibility index (Phi) is 7.62. The highest BCUT2D eigenvalue weighted by Crippen LogP contribution is 2.20. The van der Waals surface area contributed by atoms with Crippen molar-refractivity contribution < 1.29 is 4.79 Å². The third-order valence-corrected chi connectivity index (χ3v) is 3.59. The molecule has 0 amide bonds. The maximum Gasteiger partial charge on any atom is 0.159 e. The van der Waals surface area contributed by atoms with Crippen LogP contribution < -0.4 is 0 Å². The quantitative estimate of drug-likeness (QED) is 0.337. The molecule has 0 atom stereocenters. The molecule has 2 aromatic carbocycles. The van der Waals surface area contributed by atoms with E-state index in [0.717, 1.165) is 3.57 Å². The average molecular weight is 462 g/mol. The van der Waals surface area contributed by atoms with Crippen LogP contribution in [0, 0.1) is 3.57 Å².